The van der Waals surface area contributed by atoms with Crippen molar-refractivity contribution >= 4 is 5.91 Å². The smallest absolute Gasteiger partial charge is 0.216 e. The van der Waals surface area contributed by atoms with E-state index >= 15 is 0 Å². The molecular formula is C9H19N3O. The van der Waals surface area contributed by atoms with Crippen molar-refractivity contribution in [1.82, 2.24) is 15.5 Å². The molecule has 4 heteroatoms. The van der Waals surface area contributed by atoms with Crippen LogP contribution in [0, 0.1) is 0 Å². The Labute approximate surface area is 79.7 Å². The average Bonchev–Trinajstić information content (AvgIpc) is 2.32. The number of nitrogens with one attached hydrogen (secondary N) is 2. The van der Waals surface area contributed by atoms with Crippen LogP contribution in [0.3, 0.4) is 0 Å². The van der Waals surface area contributed by atoms with E-state index in [1.165, 1.54) is 12.8 Å². The second-order valence-electron chi connectivity index (χ2n) is 3.47. The molecule has 76 valence electrons. The fourth-order valence-electron chi connectivity index (χ4n) is 1.48. The van der Waals surface area contributed by atoms with Crippen molar-refractivity contribution < 1.29 is 4.79 Å². The first kappa shape index (κ1) is 10.5. The Morgan fingerprint density at radius 2 is 2.38 bits per heavy atom. The fourth-order valence-corrected chi connectivity index (χ4v) is 1.48. The minimum atomic E-state index is 0.0581. The van der Waals surface area contributed by atoms with Gasteiger partial charge in [0.25, 0.3) is 0 Å². The lowest BCUT2D eigenvalue weighted by atomic mass is 10.3. The standard InChI is InChI=1S/C9H19N3O/c1-9(13)11-5-7-12-6-3-2-4-10-8-12/h10H,2-8H2,1H3,(H,11,13). The average molecular weight is 185 g/mol. The molecule has 0 aromatic rings. The van der Waals surface area contributed by atoms with Gasteiger partial charge in [0.2, 0.25) is 5.91 Å². The molecule has 1 saturated heterocycles. The van der Waals surface area contributed by atoms with E-state index in [4.69, 9.17) is 0 Å². The van der Waals surface area contributed by atoms with Crippen molar-refractivity contribution in [2.45, 2.75) is 19.8 Å². The molecule has 0 aromatic carbocycles. The van der Waals surface area contributed by atoms with Gasteiger partial charge in [-0.3, -0.25) is 9.69 Å². The first-order chi connectivity index (χ1) is 6.29. The lowest BCUT2D eigenvalue weighted by Gasteiger charge is -2.19. The van der Waals surface area contributed by atoms with Gasteiger partial charge in [0, 0.05) is 26.7 Å². The molecular weight excluding hydrogens is 166 g/mol. The molecule has 0 bridgehead atoms. The number of carbonyl (C=O) groups is 1. The summed E-state index contributed by atoms with van der Waals surface area (Å²) in [7, 11) is 0. The Hall–Kier alpha value is -0.610. The van der Waals surface area contributed by atoms with Gasteiger partial charge in [-0.1, -0.05) is 0 Å². The van der Waals surface area contributed by atoms with Crippen molar-refractivity contribution in [1.29, 1.82) is 0 Å². The van der Waals surface area contributed by atoms with Crippen LogP contribution in [0.5, 0.6) is 0 Å². The van der Waals surface area contributed by atoms with E-state index in [9.17, 15) is 4.79 Å². The quantitative estimate of drug-likeness (QED) is 0.638. The van der Waals surface area contributed by atoms with Gasteiger partial charge in [0.05, 0.1) is 0 Å². The number of carbonyl (C=O) groups excluding carboxylic acids is 1. The first-order valence-corrected chi connectivity index (χ1v) is 4.96. The summed E-state index contributed by atoms with van der Waals surface area (Å²) in [6, 6.07) is 0. The predicted octanol–water partition coefficient (Wildman–Crippen LogP) is -0.235. The molecule has 1 fully saturated rings. The van der Waals surface area contributed by atoms with Crippen molar-refractivity contribution in [2.24, 2.45) is 0 Å². The van der Waals surface area contributed by atoms with Crippen molar-refractivity contribution in [3.63, 3.8) is 0 Å². The molecule has 1 rings (SSSR count). The molecule has 4 nitrogen and oxygen atoms in total. The topological polar surface area (TPSA) is 44.4 Å². The maximum absolute atomic E-state index is 10.6. The SMILES string of the molecule is CC(=O)NCCN1CCCCNC1. The zero-order valence-corrected chi connectivity index (χ0v) is 8.31. The highest BCUT2D eigenvalue weighted by molar-refractivity contribution is 5.72. The van der Waals surface area contributed by atoms with Crippen molar-refractivity contribution in [2.75, 3.05) is 32.8 Å². The minimum Gasteiger partial charge on any atom is -0.355 e. The molecule has 0 spiro atoms. The molecule has 1 aliphatic heterocycles. The molecule has 0 aliphatic carbocycles. The van der Waals surface area contributed by atoms with E-state index in [0.717, 1.165) is 32.8 Å². The van der Waals surface area contributed by atoms with E-state index in [2.05, 4.69) is 15.5 Å². The van der Waals surface area contributed by atoms with Crippen LogP contribution >= 0.6 is 0 Å². The number of amides is 1. The number of hydrogen-bond donors (Lipinski definition) is 2. The fraction of sp³-hybridized carbons (Fsp3) is 0.889. The number of rotatable bonds is 3. The number of nitrogens with zero attached hydrogens (tertiary/aromatic N) is 1. The van der Waals surface area contributed by atoms with Gasteiger partial charge >= 0.3 is 0 Å². The van der Waals surface area contributed by atoms with Gasteiger partial charge in [0.1, 0.15) is 0 Å². The second kappa shape index (κ2) is 5.94. The van der Waals surface area contributed by atoms with Crippen LogP contribution in [0.4, 0.5) is 0 Å². The summed E-state index contributed by atoms with van der Waals surface area (Å²) in [5, 5.41) is 6.15. The van der Waals surface area contributed by atoms with Crippen LogP contribution in [-0.4, -0.2) is 43.7 Å². The Kier molecular flexibility index (Phi) is 4.78. The molecule has 0 unspecified atom stereocenters. The first-order valence-electron chi connectivity index (χ1n) is 4.96. The summed E-state index contributed by atoms with van der Waals surface area (Å²) in [4.78, 5) is 12.9. The molecule has 0 aromatic heterocycles. The van der Waals surface area contributed by atoms with Crippen LogP contribution in [0.2, 0.25) is 0 Å². The lowest BCUT2D eigenvalue weighted by molar-refractivity contribution is -0.119. The minimum absolute atomic E-state index is 0.0581. The maximum atomic E-state index is 10.6. The summed E-state index contributed by atoms with van der Waals surface area (Å²) in [6.45, 7) is 6.49. The summed E-state index contributed by atoms with van der Waals surface area (Å²) in [5.41, 5.74) is 0. The molecule has 0 radical (unpaired) electrons. The van der Waals surface area contributed by atoms with Crippen molar-refractivity contribution in [3.8, 4) is 0 Å². The number of hydrogen-bond acceptors (Lipinski definition) is 3. The molecule has 1 aliphatic rings. The van der Waals surface area contributed by atoms with Crippen LogP contribution in [0.1, 0.15) is 19.8 Å². The van der Waals surface area contributed by atoms with Crippen LogP contribution < -0.4 is 10.6 Å². The molecule has 0 saturated carbocycles. The second-order valence-corrected chi connectivity index (χ2v) is 3.47. The summed E-state index contributed by atoms with van der Waals surface area (Å²) < 4.78 is 0. The van der Waals surface area contributed by atoms with E-state index in [0.29, 0.717) is 0 Å². The highest BCUT2D eigenvalue weighted by Crippen LogP contribution is 1.97. The largest absolute Gasteiger partial charge is 0.355 e. The molecule has 13 heavy (non-hydrogen) atoms. The van der Waals surface area contributed by atoms with Crippen LogP contribution in [0.15, 0.2) is 0 Å². The van der Waals surface area contributed by atoms with Gasteiger partial charge in [-0.05, 0) is 25.9 Å². The monoisotopic (exact) mass is 185 g/mol. The van der Waals surface area contributed by atoms with Gasteiger partial charge in [-0.2, -0.15) is 0 Å². The van der Waals surface area contributed by atoms with E-state index in [1.807, 2.05) is 0 Å². The highest BCUT2D eigenvalue weighted by atomic mass is 16.1. The molecule has 1 heterocycles. The van der Waals surface area contributed by atoms with Gasteiger partial charge < -0.3 is 10.6 Å². The summed E-state index contributed by atoms with van der Waals surface area (Å²) in [6.07, 6.45) is 2.52. The Balaban J connectivity index is 2.08. The predicted molar refractivity (Wildman–Crippen MR) is 52.4 cm³/mol. The third-order valence-corrected chi connectivity index (χ3v) is 2.22. The zero-order chi connectivity index (χ0) is 9.52. The Bertz CT molecular complexity index is 153. The van der Waals surface area contributed by atoms with Crippen LogP contribution in [0.25, 0.3) is 0 Å². The third-order valence-electron chi connectivity index (χ3n) is 2.22. The van der Waals surface area contributed by atoms with Gasteiger partial charge in [0.15, 0.2) is 0 Å². The van der Waals surface area contributed by atoms with E-state index in [-0.39, 0.29) is 5.91 Å². The summed E-state index contributed by atoms with van der Waals surface area (Å²) in [5.74, 6) is 0.0581. The third kappa shape index (κ3) is 4.85. The Morgan fingerprint density at radius 1 is 1.54 bits per heavy atom. The van der Waals surface area contributed by atoms with Crippen molar-refractivity contribution in [3.05, 3.63) is 0 Å². The summed E-state index contributed by atoms with van der Waals surface area (Å²) >= 11 is 0. The molecule has 2 N–H and O–H groups in total. The zero-order valence-electron chi connectivity index (χ0n) is 8.31. The van der Waals surface area contributed by atoms with E-state index in [1.54, 1.807) is 6.92 Å². The maximum Gasteiger partial charge on any atom is 0.216 e. The molecule has 0 atom stereocenters. The molecule has 1 amide bonds. The van der Waals surface area contributed by atoms with Gasteiger partial charge in [-0.15, -0.1) is 0 Å². The Morgan fingerprint density at radius 3 is 3.15 bits per heavy atom. The van der Waals surface area contributed by atoms with Crippen LogP contribution in [-0.2, 0) is 4.79 Å². The normalized spacial score (nSPS) is 19.5. The lowest BCUT2D eigenvalue weighted by Crippen LogP contribution is -2.38. The van der Waals surface area contributed by atoms with Gasteiger partial charge in [-0.25, -0.2) is 0 Å². The highest BCUT2D eigenvalue weighted by Gasteiger charge is 2.07. The van der Waals surface area contributed by atoms with E-state index < -0.39 is 0 Å².